The Morgan fingerprint density at radius 1 is 1.28 bits per heavy atom. The predicted octanol–water partition coefficient (Wildman–Crippen LogP) is 1.47. The number of fused-ring (bicyclic) bond motifs is 1. The molecule has 0 saturated heterocycles. The van der Waals surface area contributed by atoms with Gasteiger partial charge in [0.05, 0.1) is 0 Å². The average Bonchev–Trinajstić information content (AvgIpc) is 2.60. The van der Waals surface area contributed by atoms with Crippen LogP contribution in [0.15, 0.2) is 24.3 Å². The lowest BCUT2D eigenvalue weighted by Crippen LogP contribution is -2.39. The highest BCUT2D eigenvalue weighted by atomic mass is 16.2. The summed E-state index contributed by atoms with van der Waals surface area (Å²) < 4.78 is 0. The molecule has 1 aromatic rings. The highest BCUT2D eigenvalue weighted by Gasteiger charge is 2.22. The summed E-state index contributed by atoms with van der Waals surface area (Å²) in [7, 11) is 1.89. The molecule has 1 aliphatic rings. The summed E-state index contributed by atoms with van der Waals surface area (Å²) in [5, 5.41) is 3.07. The van der Waals surface area contributed by atoms with Crippen LogP contribution in [0.25, 0.3) is 0 Å². The number of rotatable bonds is 3. The molecular formula is C15H22N2O. The molecule has 3 nitrogen and oxygen atoms in total. The lowest BCUT2D eigenvalue weighted by Gasteiger charge is -2.24. The van der Waals surface area contributed by atoms with Gasteiger partial charge in [-0.25, -0.2) is 0 Å². The Morgan fingerprint density at radius 3 is 2.33 bits per heavy atom. The Morgan fingerprint density at radius 2 is 1.83 bits per heavy atom. The van der Waals surface area contributed by atoms with E-state index in [2.05, 4.69) is 29.6 Å². The van der Waals surface area contributed by atoms with Crippen LogP contribution >= 0.6 is 0 Å². The molecule has 0 spiro atoms. The van der Waals surface area contributed by atoms with Crippen LogP contribution in [0.3, 0.4) is 0 Å². The summed E-state index contributed by atoms with van der Waals surface area (Å²) in [6, 6.07) is 8.53. The molecule has 1 aromatic carbocycles. The largest absolute Gasteiger partial charge is 0.342 e. The summed E-state index contributed by atoms with van der Waals surface area (Å²) in [4.78, 5) is 14.3. The summed E-state index contributed by atoms with van der Waals surface area (Å²) in [6.07, 6.45) is 1.96. The van der Waals surface area contributed by atoms with Gasteiger partial charge in [0.25, 0.3) is 0 Å². The molecule has 1 amide bonds. The molecule has 0 fully saturated rings. The number of carbonyl (C=O) groups excluding carboxylic acids is 1. The zero-order valence-corrected chi connectivity index (χ0v) is 11.3. The van der Waals surface area contributed by atoms with E-state index >= 15 is 0 Å². The predicted molar refractivity (Wildman–Crippen MR) is 73.5 cm³/mol. The van der Waals surface area contributed by atoms with Gasteiger partial charge in [-0.05, 0) is 31.0 Å². The van der Waals surface area contributed by atoms with Gasteiger partial charge in [0.15, 0.2) is 0 Å². The fourth-order valence-corrected chi connectivity index (χ4v) is 2.59. The summed E-state index contributed by atoms with van der Waals surface area (Å²) in [5.41, 5.74) is 2.79. The van der Waals surface area contributed by atoms with E-state index in [4.69, 9.17) is 0 Å². The second-order valence-corrected chi connectivity index (χ2v) is 5.05. The van der Waals surface area contributed by atoms with Crippen LogP contribution in [0.2, 0.25) is 0 Å². The number of nitrogens with one attached hydrogen (secondary N) is 1. The fraction of sp³-hybridized carbons (Fsp3) is 0.533. The van der Waals surface area contributed by atoms with Crippen LogP contribution in [0.1, 0.15) is 18.1 Å². The van der Waals surface area contributed by atoms with E-state index < -0.39 is 0 Å². The number of nitrogens with zero attached hydrogens (tertiary/aromatic N) is 1. The van der Waals surface area contributed by atoms with E-state index in [-0.39, 0.29) is 11.8 Å². The molecule has 3 heteroatoms. The van der Waals surface area contributed by atoms with E-state index in [1.165, 1.54) is 11.1 Å². The molecule has 0 saturated carbocycles. The summed E-state index contributed by atoms with van der Waals surface area (Å²) in [5.74, 6) is 0.341. The molecule has 1 heterocycles. The third-order valence-corrected chi connectivity index (χ3v) is 3.66. The Balaban J connectivity index is 2.01. The van der Waals surface area contributed by atoms with Crippen molar-refractivity contribution in [1.29, 1.82) is 0 Å². The first-order valence-corrected chi connectivity index (χ1v) is 6.72. The second kappa shape index (κ2) is 6.01. The lowest BCUT2D eigenvalue weighted by molar-refractivity contribution is -0.134. The first kappa shape index (κ1) is 13.1. The molecule has 0 aliphatic carbocycles. The van der Waals surface area contributed by atoms with Crippen LogP contribution in [0.4, 0.5) is 0 Å². The third-order valence-electron chi connectivity index (χ3n) is 3.66. The number of benzene rings is 1. The van der Waals surface area contributed by atoms with E-state index in [9.17, 15) is 4.79 Å². The highest BCUT2D eigenvalue weighted by molar-refractivity contribution is 5.78. The minimum Gasteiger partial charge on any atom is -0.342 e. The minimum absolute atomic E-state index is 0.0659. The van der Waals surface area contributed by atoms with Crippen LogP contribution in [-0.4, -0.2) is 37.5 Å². The first-order chi connectivity index (χ1) is 8.72. The zero-order chi connectivity index (χ0) is 13.0. The molecule has 2 rings (SSSR count). The molecule has 0 bridgehead atoms. The maximum Gasteiger partial charge on any atom is 0.226 e. The minimum atomic E-state index is 0.0659. The summed E-state index contributed by atoms with van der Waals surface area (Å²) >= 11 is 0. The van der Waals surface area contributed by atoms with Gasteiger partial charge in [-0.2, -0.15) is 0 Å². The number of hydrogen-bond acceptors (Lipinski definition) is 2. The Labute approximate surface area is 109 Å². The smallest absolute Gasteiger partial charge is 0.226 e. The van der Waals surface area contributed by atoms with Crippen molar-refractivity contribution in [3.05, 3.63) is 35.4 Å². The number of carbonyl (C=O) groups is 1. The van der Waals surface area contributed by atoms with Crippen molar-refractivity contribution in [3.8, 4) is 0 Å². The van der Waals surface area contributed by atoms with E-state index in [1.807, 2.05) is 18.9 Å². The van der Waals surface area contributed by atoms with Crippen LogP contribution in [0.5, 0.6) is 0 Å². The molecule has 1 N–H and O–H groups in total. The average molecular weight is 246 g/mol. The van der Waals surface area contributed by atoms with Crippen molar-refractivity contribution >= 4 is 5.91 Å². The lowest BCUT2D eigenvalue weighted by atomic mass is 10.0. The number of amides is 1. The Bertz CT molecular complexity index is 390. The maximum atomic E-state index is 12.3. The van der Waals surface area contributed by atoms with Gasteiger partial charge < -0.3 is 10.2 Å². The molecule has 18 heavy (non-hydrogen) atoms. The van der Waals surface area contributed by atoms with Crippen molar-refractivity contribution in [2.75, 3.05) is 26.7 Å². The Kier molecular flexibility index (Phi) is 4.37. The van der Waals surface area contributed by atoms with Gasteiger partial charge >= 0.3 is 0 Å². The van der Waals surface area contributed by atoms with Crippen LogP contribution in [-0.2, 0) is 17.6 Å². The van der Waals surface area contributed by atoms with E-state index in [0.717, 1.165) is 32.5 Å². The quantitative estimate of drug-likeness (QED) is 0.876. The topological polar surface area (TPSA) is 32.3 Å². The Hall–Kier alpha value is -1.35. The normalized spacial score (nSPS) is 16.9. The van der Waals surface area contributed by atoms with Crippen molar-refractivity contribution in [2.45, 2.75) is 19.8 Å². The molecule has 0 aromatic heterocycles. The van der Waals surface area contributed by atoms with E-state index in [1.54, 1.807) is 0 Å². The van der Waals surface area contributed by atoms with Crippen molar-refractivity contribution in [2.24, 2.45) is 5.92 Å². The standard InChI is InChI=1S/C15H22N2O/c1-12(11-16-2)15(18)17-9-7-13-5-3-4-6-14(13)8-10-17/h3-6,12,16H,7-11H2,1-2H3. The first-order valence-electron chi connectivity index (χ1n) is 6.72. The fourth-order valence-electron chi connectivity index (χ4n) is 2.59. The van der Waals surface area contributed by atoms with Gasteiger partial charge in [-0.15, -0.1) is 0 Å². The molecule has 98 valence electrons. The van der Waals surface area contributed by atoms with Crippen LogP contribution in [0, 0.1) is 5.92 Å². The molecule has 0 radical (unpaired) electrons. The number of hydrogen-bond donors (Lipinski definition) is 1. The second-order valence-electron chi connectivity index (χ2n) is 5.05. The molecule has 1 atom stereocenters. The van der Waals surface area contributed by atoms with Gasteiger partial charge in [-0.1, -0.05) is 31.2 Å². The highest BCUT2D eigenvalue weighted by Crippen LogP contribution is 2.16. The van der Waals surface area contributed by atoms with Gasteiger partial charge in [0.1, 0.15) is 0 Å². The van der Waals surface area contributed by atoms with Gasteiger partial charge in [0, 0.05) is 25.6 Å². The van der Waals surface area contributed by atoms with Crippen molar-refractivity contribution in [1.82, 2.24) is 10.2 Å². The molecule has 1 unspecified atom stereocenters. The summed E-state index contributed by atoms with van der Waals surface area (Å²) in [6.45, 7) is 4.45. The van der Waals surface area contributed by atoms with Crippen LogP contribution < -0.4 is 5.32 Å². The van der Waals surface area contributed by atoms with Crippen molar-refractivity contribution in [3.63, 3.8) is 0 Å². The molecule has 1 aliphatic heterocycles. The maximum absolute atomic E-state index is 12.3. The third kappa shape index (κ3) is 2.91. The monoisotopic (exact) mass is 246 g/mol. The SMILES string of the molecule is CNCC(C)C(=O)N1CCc2ccccc2CC1. The molecular weight excluding hydrogens is 224 g/mol. The van der Waals surface area contributed by atoms with Gasteiger partial charge in [-0.3, -0.25) is 4.79 Å². The van der Waals surface area contributed by atoms with Gasteiger partial charge in [0.2, 0.25) is 5.91 Å². The van der Waals surface area contributed by atoms with Crippen molar-refractivity contribution < 1.29 is 4.79 Å². The zero-order valence-electron chi connectivity index (χ0n) is 11.3. The van der Waals surface area contributed by atoms with E-state index in [0.29, 0.717) is 0 Å².